The molecule has 0 aliphatic heterocycles. The van der Waals surface area contributed by atoms with Crippen LogP contribution in [0.25, 0.3) is 0 Å². The number of hydrogen-bond acceptors (Lipinski definition) is 3. The molecule has 5 heteroatoms. The van der Waals surface area contributed by atoms with Crippen molar-refractivity contribution >= 4 is 34.5 Å². The van der Waals surface area contributed by atoms with Crippen molar-refractivity contribution in [2.45, 2.75) is 36.3 Å². The number of benzene rings is 1. The molecule has 1 aliphatic carbocycles. The first-order chi connectivity index (χ1) is 8.61. The first-order valence-corrected chi connectivity index (χ1v) is 7.18. The highest BCUT2D eigenvalue weighted by atomic mass is 79.9. The van der Waals surface area contributed by atoms with Gasteiger partial charge in [-0.15, -0.1) is 12.6 Å². The lowest BCUT2D eigenvalue weighted by Crippen LogP contribution is -2.40. The first-order valence-electron chi connectivity index (χ1n) is 5.94. The Morgan fingerprint density at radius 2 is 2.28 bits per heavy atom. The van der Waals surface area contributed by atoms with Gasteiger partial charge in [0.1, 0.15) is 0 Å². The van der Waals surface area contributed by atoms with Crippen molar-refractivity contribution in [2.24, 2.45) is 0 Å². The van der Waals surface area contributed by atoms with Crippen LogP contribution in [0.1, 0.15) is 29.6 Å². The number of amides is 1. The Labute approximate surface area is 121 Å². The van der Waals surface area contributed by atoms with Gasteiger partial charge in [0.25, 0.3) is 5.91 Å². The second kappa shape index (κ2) is 6.08. The van der Waals surface area contributed by atoms with Crippen LogP contribution in [0.3, 0.4) is 0 Å². The molecule has 2 atom stereocenters. The molecule has 0 radical (unpaired) electrons. The van der Waals surface area contributed by atoms with E-state index in [-0.39, 0.29) is 18.1 Å². The van der Waals surface area contributed by atoms with Crippen LogP contribution < -0.4 is 5.32 Å². The summed E-state index contributed by atoms with van der Waals surface area (Å²) in [6.45, 7) is 0. The van der Waals surface area contributed by atoms with E-state index in [2.05, 4.69) is 33.9 Å². The standard InChI is InChI=1S/C13H16BrNO2S/c1-17-11-4-2-3-10(11)15-13(16)9-6-5-8(14)7-12(9)18/h5-7,10-11,18H,2-4H2,1H3,(H,15,16). The first kappa shape index (κ1) is 13.9. The van der Waals surface area contributed by atoms with Gasteiger partial charge < -0.3 is 10.1 Å². The number of carbonyl (C=O) groups excluding carboxylic acids is 1. The molecule has 1 N–H and O–H groups in total. The zero-order valence-electron chi connectivity index (χ0n) is 10.1. The summed E-state index contributed by atoms with van der Waals surface area (Å²) in [5.41, 5.74) is 0.600. The van der Waals surface area contributed by atoms with Gasteiger partial charge in [0.05, 0.1) is 17.7 Å². The van der Waals surface area contributed by atoms with Crippen molar-refractivity contribution < 1.29 is 9.53 Å². The normalized spacial score (nSPS) is 23.1. The molecule has 2 rings (SSSR count). The largest absolute Gasteiger partial charge is 0.379 e. The van der Waals surface area contributed by atoms with Gasteiger partial charge in [-0.2, -0.15) is 0 Å². The van der Waals surface area contributed by atoms with Crippen molar-refractivity contribution in [1.29, 1.82) is 0 Å². The topological polar surface area (TPSA) is 38.3 Å². The molecule has 1 aromatic carbocycles. The summed E-state index contributed by atoms with van der Waals surface area (Å²) in [6.07, 6.45) is 3.21. The van der Waals surface area contributed by atoms with Crippen LogP contribution >= 0.6 is 28.6 Å². The summed E-state index contributed by atoms with van der Waals surface area (Å²) in [5, 5.41) is 3.03. The van der Waals surface area contributed by atoms with Crippen LogP contribution in [0.4, 0.5) is 0 Å². The fraction of sp³-hybridized carbons (Fsp3) is 0.462. The van der Waals surface area contributed by atoms with Crippen molar-refractivity contribution in [1.82, 2.24) is 5.32 Å². The molecule has 0 spiro atoms. The van der Waals surface area contributed by atoms with Crippen LogP contribution in [0.15, 0.2) is 27.6 Å². The summed E-state index contributed by atoms with van der Waals surface area (Å²) in [4.78, 5) is 12.8. The number of hydrogen-bond donors (Lipinski definition) is 2. The molecule has 1 amide bonds. The predicted molar refractivity (Wildman–Crippen MR) is 77.3 cm³/mol. The van der Waals surface area contributed by atoms with Gasteiger partial charge in [-0.3, -0.25) is 4.79 Å². The molecule has 0 bridgehead atoms. The molecule has 0 aromatic heterocycles. The average molecular weight is 330 g/mol. The van der Waals surface area contributed by atoms with E-state index in [0.717, 1.165) is 23.7 Å². The lowest BCUT2D eigenvalue weighted by molar-refractivity contribution is 0.0720. The van der Waals surface area contributed by atoms with Crippen LogP contribution in [0.2, 0.25) is 0 Å². The van der Waals surface area contributed by atoms with E-state index >= 15 is 0 Å². The molecular weight excluding hydrogens is 314 g/mol. The minimum atomic E-state index is -0.0820. The van der Waals surface area contributed by atoms with E-state index in [1.807, 2.05) is 12.1 Å². The molecule has 18 heavy (non-hydrogen) atoms. The monoisotopic (exact) mass is 329 g/mol. The second-order valence-electron chi connectivity index (χ2n) is 4.45. The SMILES string of the molecule is COC1CCCC1NC(=O)c1ccc(Br)cc1S. The third-order valence-corrected chi connectivity index (χ3v) is 4.14. The fourth-order valence-corrected chi connectivity index (χ4v) is 3.17. The molecule has 2 unspecified atom stereocenters. The van der Waals surface area contributed by atoms with E-state index in [1.165, 1.54) is 0 Å². The number of ether oxygens (including phenoxy) is 1. The lowest BCUT2D eigenvalue weighted by atomic mass is 10.1. The highest BCUT2D eigenvalue weighted by Gasteiger charge is 2.28. The molecule has 1 aliphatic rings. The van der Waals surface area contributed by atoms with Crippen LogP contribution in [0, 0.1) is 0 Å². The summed E-state index contributed by atoms with van der Waals surface area (Å²) in [6, 6.07) is 5.55. The fourth-order valence-electron chi connectivity index (χ4n) is 2.32. The number of halogens is 1. The van der Waals surface area contributed by atoms with Gasteiger partial charge in [0.15, 0.2) is 0 Å². The Kier molecular flexibility index (Phi) is 4.70. The maximum absolute atomic E-state index is 12.2. The van der Waals surface area contributed by atoms with E-state index in [0.29, 0.717) is 10.5 Å². The number of thiol groups is 1. The van der Waals surface area contributed by atoms with Crippen LogP contribution in [0.5, 0.6) is 0 Å². The lowest BCUT2D eigenvalue weighted by Gasteiger charge is -2.20. The Morgan fingerprint density at radius 1 is 1.50 bits per heavy atom. The van der Waals surface area contributed by atoms with Gasteiger partial charge >= 0.3 is 0 Å². The van der Waals surface area contributed by atoms with Crippen molar-refractivity contribution in [3.8, 4) is 0 Å². The van der Waals surface area contributed by atoms with Gasteiger partial charge in [0, 0.05) is 16.5 Å². The Morgan fingerprint density at radius 3 is 2.94 bits per heavy atom. The zero-order valence-corrected chi connectivity index (χ0v) is 12.6. The smallest absolute Gasteiger partial charge is 0.252 e. The van der Waals surface area contributed by atoms with E-state index < -0.39 is 0 Å². The summed E-state index contributed by atoms with van der Waals surface area (Å²) in [5.74, 6) is -0.0820. The Hall–Kier alpha value is -0.520. The van der Waals surface area contributed by atoms with Gasteiger partial charge in [-0.25, -0.2) is 0 Å². The van der Waals surface area contributed by atoms with Crippen molar-refractivity contribution in [3.05, 3.63) is 28.2 Å². The summed E-state index contributed by atoms with van der Waals surface area (Å²) in [7, 11) is 1.69. The van der Waals surface area contributed by atoms with E-state index in [9.17, 15) is 4.79 Å². The third kappa shape index (κ3) is 3.08. The highest BCUT2D eigenvalue weighted by molar-refractivity contribution is 9.10. The predicted octanol–water partition coefficient (Wildman–Crippen LogP) is 3.04. The molecule has 3 nitrogen and oxygen atoms in total. The highest BCUT2D eigenvalue weighted by Crippen LogP contribution is 2.23. The number of rotatable bonds is 3. The molecule has 1 saturated carbocycles. The van der Waals surface area contributed by atoms with E-state index in [4.69, 9.17) is 4.74 Å². The molecule has 0 saturated heterocycles. The maximum atomic E-state index is 12.2. The number of carbonyl (C=O) groups is 1. The van der Waals surface area contributed by atoms with Gasteiger partial charge in [-0.05, 0) is 37.5 Å². The Balaban J connectivity index is 2.07. The van der Waals surface area contributed by atoms with Crippen molar-refractivity contribution in [3.63, 3.8) is 0 Å². The molecule has 98 valence electrons. The van der Waals surface area contributed by atoms with Crippen molar-refractivity contribution in [2.75, 3.05) is 7.11 Å². The summed E-state index contributed by atoms with van der Waals surface area (Å²) >= 11 is 7.68. The molecule has 0 heterocycles. The third-order valence-electron chi connectivity index (χ3n) is 3.28. The average Bonchev–Trinajstić information content (AvgIpc) is 2.76. The van der Waals surface area contributed by atoms with Gasteiger partial charge in [0.2, 0.25) is 0 Å². The quantitative estimate of drug-likeness (QED) is 0.836. The van der Waals surface area contributed by atoms with E-state index in [1.54, 1.807) is 13.2 Å². The van der Waals surface area contributed by atoms with Gasteiger partial charge in [-0.1, -0.05) is 15.9 Å². The minimum absolute atomic E-state index is 0.0820. The minimum Gasteiger partial charge on any atom is -0.379 e. The zero-order chi connectivity index (χ0) is 13.1. The number of methoxy groups -OCH3 is 1. The molecule has 1 fully saturated rings. The van der Waals surface area contributed by atoms with Crippen LogP contribution in [-0.2, 0) is 4.74 Å². The second-order valence-corrected chi connectivity index (χ2v) is 5.84. The summed E-state index contributed by atoms with van der Waals surface area (Å²) < 4.78 is 6.28. The molecular formula is C13H16BrNO2S. The molecule has 1 aromatic rings. The Bertz CT molecular complexity index is 453. The number of nitrogens with one attached hydrogen (secondary N) is 1. The van der Waals surface area contributed by atoms with Crippen LogP contribution in [-0.4, -0.2) is 25.2 Å². The maximum Gasteiger partial charge on any atom is 0.252 e.